The zero-order valence-corrected chi connectivity index (χ0v) is 13.5. The number of likely N-dealkylation sites (N-methyl/N-ethyl adjacent to an activating group) is 1. The number of hydrogen-bond acceptors (Lipinski definition) is 4. The molecule has 0 rings (SSSR count). The Bertz CT molecular complexity index is 436. The van der Waals surface area contributed by atoms with Gasteiger partial charge in [0.05, 0.1) is 0 Å². The van der Waals surface area contributed by atoms with Crippen LogP contribution in [0.1, 0.15) is 26.7 Å². The Kier molecular flexibility index (Phi) is 9.88. The van der Waals surface area contributed by atoms with Gasteiger partial charge >= 0.3 is 6.09 Å². The van der Waals surface area contributed by atoms with E-state index >= 15 is 0 Å². The van der Waals surface area contributed by atoms with Gasteiger partial charge in [0.2, 0.25) is 11.8 Å². The maximum atomic E-state index is 12.1. The molecule has 10 nitrogen and oxygen atoms in total. The molecule has 0 fully saturated rings. The lowest BCUT2D eigenvalue weighted by molar-refractivity contribution is -0.128. The number of nitrogens with zero attached hydrogens (tertiary/aromatic N) is 2. The minimum absolute atomic E-state index is 0.0288. The van der Waals surface area contributed by atoms with E-state index in [0.717, 1.165) is 0 Å². The summed E-state index contributed by atoms with van der Waals surface area (Å²) in [4.78, 5) is 39.1. The molecule has 0 saturated heterocycles. The van der Waals surface area contributed by atoms with Crippen LogP contribution < -0.4 is 22.1 Å². The maximum Gasteiger partial charge on any atom is 0.407 e. The SMILES string of the molecule is CCN(CCNC(=O)[C@H](CCCN=C(N)N)NC(C)=O)C(=O)O. The number of carbonyl (C=O) groups excluding carboxylic acids is 2. The summed E-state index contributed by atoms with van der Waals surface area (Å²) in [5.41, 5.74) is 10.4. The third-order valence-electron chi connectivity index (χ3n) is 2.97. The summed E-state index contributed by atoms with van der Waals surface area (Å²) in [7, 11) is 0. The van der Waals surface area contributed by atoms with Crippen LogP contribution in [0.15, 0.2) is 4.99 Å². The molecule has 0 saturated carbocycles. The molecule has 23 heavy (non-hydrogen) atoms. The Labute approximate surface area is 135 Å². The van der Waals surface area contributed by atoms with Crippen molar-refractivity contribution in [3.8, 4) is 0 Å². The Hall–Kier alpha value is -2.52. The molecule has 0 aliphatic carbocycles. The van der Waals surface area contributed by atoms with Crippen molar-refractivity contribution in [3.63, 3.8) is 0 Å². The number of nitrogens with one attached hydrogen (secondary N) is 2. The summed E-state index contributed by atoms with van der Waals surface area (Å²) in [5.74, 6) is -0.724. The van der Waals surface area contributed by atoms with Crippen molar-refractivity contribution in [1.82, 2.24) is 15.5 Å². The Morgan fingerprint density at radius 3 is 2.43 bits per heavy atom. The number of rotatable bonds is 10. The van der Waals surface area contributed by atoms with E-state index in [1.807, 2.05) is 0 Å². The average molecular weight is 330 g/mol. The first-order chi connectivity index (χ1) is 10.8. The molecule has 0 aromatic heterocycles. The van der Waals surface area contributed by atoms with Crippen molar-refractivity contribution in [2.45, 2.75) is 32.7 Å². The van der Waals surface area contributed by atoms with E-state index in [2.05, 4.69) is 15.6 Å². The molecule has 0 aliphatic rings. The summed E-state index contributed by atoms with van der Waals surface area (Å²) in [6.07, 6.45) is -0.150. The number of hydrogen-bond donors (Lipinski definition) is 5. The molecule has 7 N–H and O–H groups in total. The molecule has 0 radical (unpaired) electrons. The minimum Gasteiger partial charge on any atom is -0.465 e. The highest BCUT2D eigenvalue weighted by Gasteiger charge is 2.19. The lowest BCUT2D eigenvalue weighted by Crippen LogP contribution is -2.48. The fourth-order valence-electron chi connectivity index (χ4n) is 1.84. The standard InChI is InChI=1S/C13H26N6O4/c1-3-19(13(22)23)8-7-16-11(21)10(18-9(2)20)5-4-6-17-12(14)15/h10H,3-8H2,1-2H3,(H,16,21)(H,18,20)(H,22,23)(H4,14,15,17)/t10-/m0/s1. The van der Waals surface area contributed by atoms with Crippen LogP contribution in [0, 0.1) is 0 Å². The minimum atomic E-state index is -1.04. The number of aliphatic imine (C=N–C) groups is 1. The van der Waals surface area contributed by atoms with Crippen LogP contribution >= 0.6 is 0 Å². The molecule has 0 aliphatic heterocycles. The van der Waals surface area contributed by atoms with Crippen LogP contribution in [0.2, 0.25) is 0 Å². The fourth-order valence-corrected chi connectivity index (χ4v) is 1.84. The quantitative estimate of drug-likeness (QED) is 0.189. The number of amides is 3. The van der Waals surface area contributed by atoms with Crippen molar-refractivity contribution in [2.75, 3.05) is 26.2 Å². The van der Waals surface area contributed by atoms with Gasteiger partial charge in [-0.25, -0.2) is 4.79 Å². The molecule has 0 heterocycles. The van der Waals surface area contributed by atoms with E-state index < -0.39 is 12.1 Å². The summed E-state index contributed by atoms with van der Waals surface area (Å²) < 4.78 is 0. The van der Waals surface area contributed by atoms with Gasteiger partial charge in [-0.1, -0.05) is 0 Å². The van der Waals surface area contributed by atoms with Gasteiger partial charge in [0.1, 0.15) is 6.04 Å². The third-order valence-corrected chi connectivity index (χ3v) is 2.97. The smallest absolute Gasteiger partial charge is 0.407 e. The Balaban J connectivity index is 4.36. The van der Waals surface area contributed by atoms with E-state index in [0.29, 0.717) is 25.9 Å². The largest absolute Gasteiger partial charge is 0.465 e. The van der Waals surface area contributed by atoms with Gasteiger partial charge in [-0.2, -0.15) is 0 Å². The first-order valence-corrected chi connectivity index (χ1v) is 7.36. The lowest BCUT2D eigenvalue weighted by Gasteiger charge is -2.20. The van der Waals surface area contributed by atoms with Gasteiger partial charge in [0, 0.05) is 33.1 Å². The van der Waals surface area contributed by atoms with Crippen molar-refractivity contribution < 1.29 is 19.5 Å². The van der Waals surface area contributed by atoms with Gasteiger partial charge in [0.25, 0.3) is 0 Å². The normalized spacial score (nSPS) is 11.2. The molecule has 0 unspecified atom stereocenters. The van der Waals surface area contributed by atoms with Crippen LogP contribution in [0.25, 0.3) is 0 Å². The topological polar surface area (TPSA) is 163 Å². The van der Waals surface area contributed by atoms with E-state index in [-0.39, 0.29) is 30.9 Å². The molecule has 1 atom stereocenters. The second kappa shape index (κ2) is 11.1. The van der Waals surface area contributed by atoms with Gasteiger partial charge in [0.15, 0.2) is 5.96 Å². The van der Waals surface area contributed by atoms with Gasteiger partial charge in [-0.15, -0.1) is 0 Å². The predicted octanol–water partition coefficient (Wildman–Crippen LogP) is -1.34. The van der Waals surface area contributed by atoms with Gasteiger partial charge in [-0.05, 0) is 19.8 Å². The maximum absolute atomic E-state index is 12.1. The van der Waals surface area contributed by atoms with E-state index in [1.165, 1.54) is 11.8 Å². The molecule has 0 aromatic rings. The highest BCUT2D eigenvalue weighted by atomic mass is 16.4. The van der Waals surface area contributed by atoms with E-state index in [1.54, 1.807) is 6.92 Å². The zero-order chi connectivity index (χ0) is 17.8. The molecule has 132 valence electrons. The molecule has 0 aromatic carbocycles. The highest BCUT2D eigenvalue weighted by molar-refractivity contribution is 5.86. The van der Waals surface area contributed by atoms with Crippen LogP contribution in [0.3, 0.4) is 0 Å². The van der Waals surface area contributed by atoms with Crippen LogP contribution in [-0.2, 0) is 9.59 Å². The average Bonchev–Trinajstić information content (AvgIpc) is 2.45. The number of guanidine groups is 1. The molecular formula is C13H26N6O4. The Morgan fingerprint density at radius 2 is 1.96 bits per heavy atom. The molecule has 0 bridgehead atoms. The molecular weight excluding hydrogens is 304 g/mol. The lowest BCUT2D eigenvalue weighted by atomic mass is 10.1. The van der Waals surface area contributed by atoms with Crippen LogP contribution in [0.4, 0.5) is 4.79 Å². The fraction of sp³-hybridized carbons (Fsp3) is 0.692. The number of nitrogens with two attached hydrogens (primary N) is 2. The van der Waals surface area contributed by atoms with Crippen molar-refractivity contribution in [1.29, 1.82) is 0 Å². The number of carboxylic acid groups (broad SMARTS) is 1. The van der Waals surface area contributed by atoms with Crippen molar-refractivity contribution >= 4 is 23.9 Å². The predicted molar refractivity (Wildman–Crippen MR) is 85.8 cm³/mol. The first kappa shape index (κ1) is 20.5. The van der Waals surface area contributed by atoms with Gasteiger partial charge in [-0.3, -0.25) is 14.6 Å². The molecule has 10 heteroatoms. The van der Waals surface area contributed by atoms with E-state index in [4.69, 9.17) is 16.6 Å². The van der Waals surface area contributed by atoms with Crippen molar-refractivity contribution in [3.05, 3.63) is 0 Å². The summed E-state index contributed by atoms with van der Waals surface area (Å²) >= 11 is 0. The summed E-state index contributed by atoms with van der Waals surface area (Å²) in [6.45, 7) is 4.06. The number of carbonyl (C=O) groups is 3. The first-order valence-electron chi connectivity index (χ1n) is 7.36. The monoisotopic (exact) mass is 330 g/mol. The third kappa shape index (κ3) is 9.93. The molecule has 0 spiro atoms. The second-order valence-corrected chi connectivity index (χ2v) is 4.86. The molecule has 3 amide bonds. The highest BCUT2D eigenvalue weighted by Crippen LogP contribution is 1.99. The second-order valence-electron chi connectivity index (χ2n) is 4.86. The van der Waals surface area contributed by atoms with Crippen molar-refractivity contribution in [2.24, 2.45) is 16.5 Å². The zero-order valence-electron chi connectivity index (χ0n) is 13.5. The van der Waals surface area contributed by atoms with Gasteiger partial charge < -0.3 is 32.1 Å². The Morgan fingerprint density at radius 1 is 1.30 bits per heavy atom. The van der Waals surface area contributed by atoms with E-state index in [9.17, 15) is 14.4 Å². The summed E-state index contributed by atoms with van der Waals surface area (Å²) in [6, 6.07) is -0.707. The van der Waals surface area contributed by atoms with Crippen LogP contribution in [0.5, 0.6) is 0 Å². The van der Waals surface area contributed by atoms with Crippen LogP contribution in [-0.4, -0.2) is 66.1 Å². The summed E-state index contributed by atoms with van der Waals surface area (Å²) in [5, 5.41) is 14.0.